The fourth-order valence-electron chi connectivity index (χ4n) is 2.55. The Morgan fingerprint density at radius 1 is 1.27 bits per heavy atom. The van der Waals surface area contributed by atoms with E-state index in [1.54, 1.807) is 0 Å². The van der Waals surface area contributed by atoms with Crippen molar-refractivity contribution in [1.29, 1.82) is 0 Å². The summed E-state index contributed by atoms with van der Waals surface area (Å²) in [6.45, 7) is 2.13. The predicted octanol–water partition coefficient (Wildman–Crippen LogP) is 3.16. The van der Waals surface area contributed by atoms with Gasteiger partial charge >= 0.3 is 0 Å². The van der Waals surface area contributed by atoms with Crippen molar-refractivity contribution < 1.29 is 5.11 Å². The number of hydrogen-bond donors (Lipinski definition) is 1. The normalized spacial score (nSPS) is 22.6. The van der Waals surface area contributed by atoms with E-state index in [0.717, 1.165) is 31.6 Å². The molecule has 2 atom stereocenters. The molecule has 0 aliphatic heterocycles. The zero-order chi connectivity index (χ0) is 11.1. The van der Waals surface area contributed by atoms with Crippen LogP contribution in [0.3, 0.4) is 0 Å². The van der Waals surface area contributed by atoms with E-state index in [-0.39, 0.29) is 12.1 Å². The van der Waals surface area contributed by atoms with Gasteiger partial charge in [-0.15, -0.1) is 0 Å². The van der Waals surface area contributed by atoms with Crippen molar-refractivity contribution in [3.63, 3.8) is 0 Å². The molecule has 1 aliphatic rings. The topological polar surface area (TPSA) is 44.0 Å². The molecule has 1 fully saturated rings. The highest BCUT2D eigenvalue weighted by atomic mass is 16.3. The monoisotopic (exact) mass is 212 g/mol. The zero-order valence-electron chi connectivity index (χ0n) is 10.0. The van der Waals surface area contributed by atoms with E-state index in [4.69, 9.17) is 5.73 Å². The van der Waals surface area contributed by atoms with Gasteiger partial charge in [-0.2, -0.15) is 0 Å². The number of rotatable bonds is 6. The van der Waals surface area contributed by atoms with Gasteiger partial charge in [0.1, 0.15) is 0 Å². The Hall–Kier alpha value is -0.0800. The fourth-order valence-corrected chi connectivity index (χ4v) is 2.55. The van der Waals surface area contributed by atoms with Crippen LogP contribution in [0.2, 0.25) is 0 Å². The van der Waals surface area contributed by atoms with E-state index >= 15 is 0 Å². The van der Waals surface area contributed by atoms with E-state index < -0.39 is 0 Å². The van der Waals surface area contributed by atoms with Gasteiger partial charge in [0.05, 0.1) is 6.10 Å². The Balaban J connectivity index is 2.17. The number of unbranched alkanes of at least 4 members (excludes halogenated alkanes) is 1. The van der Waals surface area contributed by atoms with Gasteiger partial charge in [0.15, 0.2) is 0 Å². The Morgan fingerprint density at radius 3 is 2.53 bits per heavy atom. The minimum Gasteiger partial charge on any atom is -0.391 e. The lowest BCUT2D eigenvalue weighted by Gasteiger charge is -2.26. The highest BCUT2D eigenvalue weighted by molar-refractivity contribution is 4.77. The molecule has 0 spiro atoms. The Labute approximate surface area is 94.2 Å². The summed E-state index contributed by atoms with van der Waals surface area (Å²) in [5.74, 6) is 0.720. The van der Waals surface area contributed by atoms with E-state index in [1.807, 2.05) is 0 Å². The maximum atomic E-state index is 9.79. The minimum atomic E-state index is -0.383. The molecular weight excluding hydrogens is 186 g/mol. The summed E-state index contributed by atoms with van der Waals surface area (Å²) in [7, 11) is 0. The highest BCUT2D eigenvalue weighted by Crippen LogP contribution is 2.28. The first-order valence-corrected chi connectivity index (χ1v) is 6.63. The van der Waals surface area contributed by atoms with Crippen molar-refractivity contribution >= 4 is 0 Å². The standard InChI is InChI=1S/C13H26NO/c1-2-3-9-13(15)12(14)10-11-7-5-4-6-8-11/h11-15H,2-10H2,1H3/t12-,13-/m0/s1. The fraction of sp³-hybridized carbons (Fsp3) is 1.00. The smallest absolute Gasteiger partial charge is 0.0706 e. The molecule has 0 heterocycles. The molecule has 2 heteroatoms. The first-order valence-electron chi connectivity index (χ1n) is 6.63. The van der Waals surface area contributed by atoms with Crippen LogP contribution in [0, 0.1) is 5.92 Å². The van der Waals surface area contributed by atoms with Gasteiger partial charge in [-0.25, -0.2) is 0 Å². The van der Waals surface area contributed by atoms with E-state index in [9.17, 15) is 5.11 Å². The second-order valence-electron chi connectivity index (χ2n) is 5.06. The molecule has 2 N–H and O–H groups in total. The third-order valence-corrected chi connectivity index (χ3v) is 3.63. The molecule has 0 unspecified atom stereocenters. The van der Waals surface area contributed by atoms with Crippen LogP contribution < -0.4 is 5.73 Å². The second kappa shape index (κ2) is 7.24. The molecule has 1 aliphatic carbocycles. The van der Waals surface area contributed by atoms with Gasteiger partial charge in [-0.3, -0.25) is 5.73 Å². The van der Waals surface area contributed by atoms with E-state index in [1.165, 1.54) is 32.1 Å². The molecule has 0 aromatic heterocycles. The number of nitrogens with one attached hydrogen (secondary N) is 1. The molecule has 1 rings (SSSR count). The van der Waals surface area contributed by atoms with E-state index in [0.29, 0.717) is 0 Å². The average molecular weight is 212 g/mol. The lowest BCUT2D eigenvalue weighted by atomic mass is 9.83. The van der Waals surface area contributed by atoms with Gasteiger partial charge in [0.2, 0.25) is 0 Å². The molecule has 0 saturated heterocycles. The van der Waals surface area contributed by atoms with Crippen molar-refractivity contribution in [2.45, 2.75) is 76.9 Å². The van der Waals surface area contributed by atoms with Gasteiger partial charge in [-0.1, -0.05) is 51.9 Å². The molecular formula is C13H26NO. The van der Waals surface area contributed by atoms with Crippen molar-refractivity contribution in [2.75, 3.05) is 0 Å². The number of aliphatic hydroxyl groups is 1. The summed E-state index contributed by atoms with van der Waals surface area (Å²) >= 11 is 0. The maximum Gasteiger partial charge on any atom is 0.0706 e. The summed E-state index contributed by atoms with van der Waals surface area (Å²) in [5.41, 5.74) is 7.94. The quantitative estimate of drug-likeness (QED) is 0.722. The summed E-state index contributed by atoms with van der Waals surface area (Å²) in [6.07, 6.45) is 10.2. The molecule has 1 radical (unpaired) electrons. The maximum absolute atomic E-state index is 9.79. The second-order valence-corrected chi connectivity index (χ2v) is 5.06. The van der Waals surface area contributed by atoms with Crippen LogP contribution in [-0.4, -0.2) is 17.3 Å². The predicted molar refractivity (Wildman–Crippen MR) is 63.6 cm³/mol. The van der Waals surface area contributed by atoms with Crippen molar-refractivity contribution in [3.8, 4) is 0 Å². The van der Waals surface area contributed by atoms with Crippen LogP contribution in [-0.2, 0) is 0 Å². The molecule has 1 saturated carbocycles. The molecule has 0 aromatic rings. The average Bonchev–Trinajstić information content (AvgIpc) is 2.27. The molecule has 89 valence electrons. The summed E-state index contributed by atoms with van der Waals surface area (Å²) in [5, 5.41) is 9.79. The lowest BCUT2D eigenvalue weighted by Crippen LogP contribution is -2.30. The van der Waals surface area contributed by atoms with Gasteiger partial charge in [-0.05, 0) is 18.8 Å². The van der Waals surface area contributed by atoms with Crippen LogP contribution in [0.1, 0.15) is 64.7 Å². The third-order valence-electron chi connectivity index (χ3n) is 3.63. The minimum absolute atomic E-state index is 0.236. The van der Waals surface area contributed by atoms with Crippen molar-refractivity contribution in [3.05, 3.63) is 0 Å². The molecule has 2 nitrogen and oxygen atoms in total. The number of hydrogen-bond acceptors (Lipinski definition) is 1. The lowest BCUT2D eigenvalue weighted by molar-refractivity contribution is 0.113. The zero-order valence-corrected chi connectivity index (χ0v) is 10.0. The molecule has 0 amide bonds. The van der Waals surface area contributed by atoms with Crippen LogP contribution in [0.4, 0.5) is 0 Å². The van der Waals surface area contributed by atoms with Gasteiger partial charge in [0, 0.05) is 6.04 Å². The number of aliphatic hydroxyl groups excluding tert-OH is 1. The summed E-state index contributed by atoms with van der Waals surface area (Å²) in [6, 6.07) is -0.236. The first-order chi connectivity index (χ1) is 7.24. The molecule has 15 heavy (non-hydrogen) atoms. The summed E-state index contributed by atoms with van der Waals surface area (Å²) < 4.78 is 0. The largest absolute Gasteiger partial charge is 0.391 e. The third kappa shape index (κ3) is 4.98. The highest BCUT2D eigenvalue weighted by Gasteiger charge is 2.21. The van der Waals surface area contributed by atoms with E-state index in [2.05, 4.69) is 6.92 Å². The Bertz CT molecular complexity index is 155. The van der Waals surface area contributed by atoms with Crippen LogP contribution >= 0.6 is 0 Å². The molecule has 0 aromatic carbocycles. The summed E-state index contributed by atoms with van der Waals surface area (Å²) in [4.78, 5) is 0. The van der Waals surface area contributed by atoms with Gasteiger partial charge in [0.25, 0.3) is 0 Å². The Morgan fingerprint density at radius 2 is 1.93 bits per heavy atom. The van der Waals surface area contributed by atoms with Crippen LogP contribution in [0.5, 0.6) is 0 Å². The van der Waals surface area contributed by atoms with Crippen LogP contribution in [0.25, 0.3) is 0 Å². The van der Waals surface area contributed by atoms with Crippen molar-refractivity contribution in [1.82, 2.24) is 5.73 Å². The Kier molecular flexibility index (Phi) is 6.26. The SMILES string of the molecule is CCCC[C@H](O)[C@@H]([NH])CC1CCCCC1. The van der Waals surface area contributed by atoms with Crippen molar-refractivity contribution in [2.24, 2.45) is 5.92 Å². The van der Waals surface area contributed by atoms with Gasteiger partial charge < -0.3 is 5.11 Å². The molecule has 0 bridgehead atoms. The van der Waals surface area contributed by atoms with Crippen LogP contribution in [0.15, 0.2) is 0 Å². The first kappa shape index (κ1) is 13.0.